The van der Waals surface area contributed by atoms with Crippen LogP contribution in [0.5, 0.6) is 0 Å². The van der Waals surface area contributed by atoms with Crippen molar-refractivity contribution in [1.82, 2.24) is 9.88 Å². The number of nitrogens with one attached hydrogen (secondary N) is 1. The van der Waals surface area contributed by atoms with Gasteiger partial charge in [-0.2, -0.15) is 0 Å². The summed E-state index contributed by atoms with van der Waals surface area (Å²) in [7, 11) is 0. The Kier molecular flexibility index (Phi) is 6.82. The summed E-state index contributed by atoms with van der Waals surface area (Å²) in [5.41, 5.74) is 2.95. The standard InChI is InChI=1S/C28H22Cl2N2OS/c29-24-12-9-19(15-25(24)30)18-34-27-17-32(26-8-4-3-7-23(26)27)14-13-31-28(33)22-11-10-20-5-1-2-6-21(20)16-22/h1-12,15-17H,13-14,18H2,(H,31,33). The van der Waals surface area contributed by atoms with Crippen LogP contribution in [0.3, 0.4) is 0 Å². The van der Waals surface area contributed by atoms with Crippen LogP contribution < -0.4 is 5.32 Å². The molecular formula is C28H22Cl2N2OS. The average molecular weight is 505 g/mol. The largest absolute Gasteiger partial charge is 0.350 e. The van der Waals surface area contributed by atoms with Crippen LogP contribution in [0.2, 0.25) is 10.0 Å². The molecule has 0 aliphatic rings. The van der Waals surface area contributed by atoms with Gasteiger partial charge in [-0.25, -0.2) is 0 Å². The van der Waals surface area contributed by atoms with E-state index in [0.717, 1.165) is 27.6 Å². The van der Waals surface area contributed by atoms with Gasteiger partial charge in [0.2, 0.25) is 0 Å². The summed E-state index contributed by atoms with van der Waals surface area (Å²) in [6, 6.07) is 28.0. The summed E-state index contributed by atoms with van der Waals surface area (Å²) in [5.74, 6) is 0.736. The van der Waals surface area contributed by atoms with E-state index in [1.807, 2.05) is 66.7 Å². The lowest BCUT2D eigenvalue weighted by Crippen LogP contribution is -2.27. The summed E-state index contributed by atoms with van der Waals surface area (Å²) in [6.45, 7) is 1.23. The van der Waals surface area contributed by atoms with Crippen molar-refractivity contribution in [3.63, 3.8) is 0 Å². The number of halogens is 2. The maximum atomic E-state index is 12.7. The first-order valence-corrected chi connectivity index (χ1v) is 12.7. The highest BCUT2D eigenvalue weighted by Gasteiger charge is 2.11. The molecule has 1 N–H and O–H groups in total. The molecule has 0 radical (unpaired) electrons. The Morgan fingerprint density at radius 2 is 1.65 bits per heavy atom. The molecule has 0 saturated heterocycles. The third kappa shape index (κ3) is 4.95. The minimum absolute atomic E-state index is 0.0589. The van der Waals surface area contributed by atoms with Gasteiger partial charge in [0.25, 0.3) is 5.91 Å². The number of carbonyl (C=O) groups is 1. The normalized spacial score (nSPS) is 11.2. The molecule has 0 aliphatic heterocycles. The highest BCUT2D eigenvalue weighted by atomic mass is 35.5. The molecule has 0 fully saturated rings. The molecule has 3 nitrogen and oxygen atoms in total. The van der Waals surface area contributed by atoms with Crippen LogP contribution in [-0.4, -0.2) is 17.0 Å². The molecule has 0 atom stereocenters. The Hall–Kier alpha value is -2.92. The van der Waals surface area contributed by atoms with Gasteiger partial charge in [0, 0.05) is 46.4 Å². The van der Waals surface area contributed by atoms with Gasteiger partial charge < -0.3 is 9.88 Å². The number of rotatable bonds is 7. The van der Waals surface area contributed by atoms with Gasteiger partial charge in [0.15, 0.2) is 0 Å². The molecule has 0 saturated carbocycles. The van der Waals surface area contributed by atoms with Crippen LogP contribution in [0.4, 0.5) is 0 Å². The fourth-order valence-electron chi connectivity index (χ4n) is 4.03. The number of amides is 1. The number of fused-ring (bicyclic) bond motifs is 2. The molecule has 1 aromatic heterocycles. The van der Waals surface area contributed by atoms with Gasteiger partial charge in [-0.05, 0) is 46.7 Å². The molecule has 1 amide bonds. The number of thioether (sulfide) groups is 1. The zero-order valence-corrected chi connectivity index (χ0v) is 20.6. The Balaban J connectivity index is 1.27. The Morgan fingerprint density at radius 3 is 2.50 bits per heavy atom. The zero-order valence-electron chi connectivity index (χ0n) is 18.3. The Labute approximate surface area is 212 Å². The van der Waals surface area contributed by atoms with Crippen LogP contribution in [0.15, 0.2) is 96.0 Å². The second-order valence-electron chi connectivity index (χ2n) is 8.06. The predicted octanol–water partition coefficient (Wildman–Crippen LogP) is 7.82. The SMILES string of the molecule is O=C(NCCn1cc(SCc2ccc(Cl)c(Cl)c2)c2ccccc21)c1ccc2ccccc2c1. The summed E-state index contributed by atoms with van der Waals surface area (Å²) in [6.07, 6.45) is 2.16. The minimum Gasteiger partial charge on any atom is -0.350 e. The molecule has 0 spiro atoms. The van der Waals surface area contributed by atoms with Gasteiger partial charge in [0.1, 0.15) is 0 Å². The third-order valence-electron chi connectivity index (χ3n) is 5.78. The van der Waals surface area contributed by atoms with E-state index in [9.17, 15) is 4.79 Å². The van der Waals surface area contributed by atoms with E-state index in [0.29, 0.717) is 28.7 Å². The van der Waals surface area contributed by atoms with Crippen LogP contribution in [0, 0.1) is 0 Å². The topological polar surface area (TPSA) is 34.0 Å². The van der Waals surface area contributed by atoms with Crippen molar-refractivity contribution < 1.29 is 4.79 Å². The van der Waals surface area contributed by atoms with Crippen molar-refractivity contribution in [2.75, 3.05) is 6.54 Å². The van der Waals surface area contributed by atoms with E-state index in [1.165, 1.54) is 10.3 Å². The molecule has 0 unspecified atom stereocenters. The van der Waals surface area contributed by atoms with Crippen LogP contribution in [0.1, 0.15) is 15.9 Å². The summed E-state index contributed by atoms with van der Waals surface area (Å²) < 4.78 is 2.20. The summed E-state index contributed by atoms with van der Waals surface area (Å²) in [4.78, 5) is 13.9. The highest BCUT2D eigenvalue weighted by molar-refractivity contribution is 7.98. The van der Waals surface area contributed by atoms with Gasteiger partial charge in [-0.3, -0.25) is 4.79 Å². The fourth-order valence-corrected chi connectivity index (χ4v) is 5.38. The maximum Gasteiger partial charge on any atom is 0.251 e. The molecule has 5 aromatic rings. The Morgan fingerprint density at radius 1 is 0.853 bits per heavy atom. The van der Waals surface area contributed by atoms with E-state index >= 15 is 0 Å². The second kappa shape index (κ2) is 10.1. The first-order valence-electron chi connectivity index (χ1n) is 11.0. The first kappa shape index (κ1) is 22.9. The van der Waals surface area contributed by atoms with E-state index in [1.54, 1.807) is 11.8 Å². The molecule has 0 aliphatic carbocycles. The van der Waals surface area contributed by atoms with Gasteiger partial charge in [-0.1, -0.05) is 77.8 Å². The molecule has 0 bridgehead atoms. The fraction of sp³-hybridized carbons (Fsp3) is 0.107. The quantitative estimate of drug-likeness (QED) is 0.229. The summed E-state index contributed by atoms with van der Waals surface area (Å²) in [5, 5.41) is 7.60. The van der Waals surface area contributed by atoms with Crippen LogP contribution >= 0.6 is 35.0 Å². The molecule has 34 heavy (non-hydrogen) atoms. The lowest BCUT2D eigenvalue weighted by molar-refractivity contribution is 0.0952. The highest BCUT2D eigenvalue weighted by Crippen LogP contribution is 2.33. The van der Waals surface area contributed by atoms with E-state index in [4.69, 9.17) is 23.2 Å². The van der Waals surface area contributed by atoms with Gasteiger partial charge in [-0.15, -0.1) is 11.8 Å². The van der Waals surface area contributed by atoms with Crippen molar-refractivity contribution in [2.24, 2.45) is 0 Å². The van der Waals surface area contributed by atoms with Crippen molar-refractivity contribution in [2.45, 2.75) is 17.2 Å². The number of benzene rings is 4. The predicted molar refractivity (Wildman–Crippen MR) is 144 cm³/mol. The lowest BCUT2D eigenvalue weighted by Gasteiger charge is -2.08. The Bertz CT molecular complexity index is 1490. The molecular weight excluding hydrogens is 483 g/mol. The second-order valence-corrected chi connectivity index (χ2v) is 9.89. The molecule has 4 aromatic carbocycles. The summed E-state index contributed by atoms with van der Waals surface area (Å²) >= 11 is 14.0. The molecule has 1 heterocycles. The number of carbonyl (C=O) groups excluding carboxylic acids is 1. The van der Waals surface area contributed by atoms with Crippen LogP contribution in [-0.2, 0) is 12.3 Å². The van der Waals surface area contributed by atoms with Crippen LogP contribution in [0.25, 0.3) is 21.7 Å². The maximum absolute atomic E-state index is 12.7. The number of hydrogen-bond acceptors (Lipinski definition) is 2. The molecule has 5 rings (SSSR count). The average Bonchev–Trinajstić information content (AvgIpc) is 3.22. The number of nitrogens with zero attached hydrogens (tertiary/aromatic N) is 1. The third-order valence-corrected chi connectivity index (χ3v) is 7.63. The van der Waals surface area contributed by atoms with Crippen molar-refractivity contribution in [1.29, 1.82) is 0 Å². The van der Waals surface area contributed by atoms with E-state index in [-0.39, 0.29) is 5.91 Å². The first-order chi connectivity index (χ1) is 16.6. The lowest BCUT2D eigenvalue weighted by atomic mass is 10.1. The minimum atomic E-state index is -0.0589. The number of hydrogen-bond donors (Lipinski definition) is 1. The number of para-hydroxylation sites is 1. The van der Waals surface area contributed by atoms with Crippen molar-refractivity contribution in [3.05, 3.63) is 112 Å². The zero-order chi connectivity index (χ0) is 23.5. The monoisotopic (exact) mass is 504 g/mol. The van der Waals surface area contributed by atoms with E-state index < -0.39 is 0 Å². The van der Waals surface area contributed by atoms with Gasteiger partial charge >= 0.3 is 0 Å². The molecule has 6 heteroatoms. The van der Waals surface area contributed by atoms with E-state index in [2.05, 4.69) is 34.3 Å². The van der Waals surface area contributed by atoms with Crippen molar-refractivity contribution in [3.8, 4) is 0 Å². The molecule has 170 valence electrons. The van der Waals surface area contributed by atoms with Gasteiger partial charge in [0.05, 0.1) is 10.0 Å². The smallest absolute Gasteiger partial charge is 0.251 e. The van der Waals surface area contributed by atoms with Crippen molar-refractivity contribution >= 4 is 62.5 Å². The number of aromatic nitrogens is 1.